The molecule has 2 nitrogen and oxygen atoms in total. The van der Waals surface area contributed by atoms with Gasteiger partial charge in [-0.1, -0.05) is 49.2 Å². The van der Waals surface area contributed by atoms with E-state index < -0.39 is 0 Å². The highest BCUT2D eigenvalue weighted by Gasteiger charge is 2.21. The molecule has 3 heteroatoms. The van der Waals surface area contributed by atoms with Crippen molar-refractivity contribution in [2.75, 3.05) is 5.33 Å². The summed E-state index contributed by atoms with van der Waals surface area (Å²) < 4.78 is 0. The maximum absolute atomic E-state index is 11.1. The fourth-order valence-electron chi connectivity index (χ4n) is 2.13. The van der Waals surface area contributed by atoms with Gasteiger partial charge in [0.1, 0.15) is 5.75 Å². The van der Waals surface area contributed by atoms with Crippen molar-refractivity contribution in [3.63, 3.8) is 0 Å². The predicted molar refractivity (Wildman–Crippen MR) is 83.5 cm³/mol. The minimum Gasteiger partial charge on any atom is -0.507 e. The van der Waals surface area contributed by atoms with Gasteiger partial charge >= 0.3 is 0 Å². The van der Waals surface area contributed by atoms with Crippen LogP contribution in [0.25, 0.3) is 0 Å². The summed E-state index contributed by atoms with van der Waals surface area (Å²) in [5.74, 6) is 0.131. The van der Waals surface area contributed by atoms with Crippen LogP contribution in [0.2, 0.25) is 0 Å². The fraction of sp³-hybridized carbons (Fsp3) is 0.562. The Morgan fingerprint density at radius 1 is 1.21 bits per heavy atom. The number of phenols is 1. The molecule has 19 heavy (non-hydrogen) atoms. The molecule has 0 saturated heterocycles. The Balaban J connectivity index is 2.97. The highest BCUT2D eigenvalue weighted by molar-refractivity contribution is 9.09. The van der Waals surface area contributed by atoms with Gasteiger partial charge in [-0.25, -0.2) is 0 Å². The number of halogens is 1. The molecule has 106 valence electrons. The Morgan fingerprint density at radius 3 is 2.42 bits per heavy atom. The Labute approximate surface area is 124 Å². The van der Waals surface area contributed by atoms with Crippen LogP contribution in [0, 0.1) is 0 Å². The lowest BCUT2D eigenvalue weighted by atomic mass is 9.83. The molecule has 1 rings (SSSR count). The second-order valence-electron chi connectivity index (χ2n) is 5.95. The number of phenolic OH excluding ortho intramolecular Hbond substituents is 1. The molecular weight excluding hydrogens is 304 g/mol. The van der Waals surface area contributed by atoms with Gasteiger partial charge in [0.25, 0.3) is 0 Å². The highest BCUT2D eigenvalue weighted by atomic mass is 79.9. The average molecular weight is 327 g/mol. The number of carbonyl (C=O) groups is 1. The first-order valence-electron chi connectivity index (χ1n) is 6.77. The number of hydrogen-bond donors (Lipinski definition) is 1. The van der Waals surface area contributed by atoms with E-state index >= 15 is 0 Å². The molecule has 0 saturated carbocycles. The lowest BCUT2D eigenvalue weighted by Gasteiger charge is -2.22. The molecule has 0 radical (unpaired) electrons. The zero-order valence-corrected chi connectivity index (χ0v) is 13.6. The summed E-state index contributed by atoms with van der Waals surface area (Å²) in [6, 6.07) is 3.85. The van der Waals surface area contributed by atoms with Crippen molar-refractivity contribution in [3.8, 4) is 5.75 Å². The lowest BCUT2D eigenvalue weighted by molar-refractivity contribution is 0.112. The van der Waals surface area contributed by atoms with Crippen LogP contribution in [0.15, 0.2) is 12.1 Å². The van der Waals surface area contributed by atoms with Crippen LogP contribution in [0.3, 0.4) is 0 Å². The quantitative estimate of drug-likeness (QED) is 0.471. The first-order chi connectivity index (χ1) is 8.90. The minimum atomic E-state index is -0.159. The monoisotopic (exact) mass is 326 g/mol. The first-order valence-corrected chi connectivity index (χ1v) is 7.89. The fourth-order valence-corrected chi connectivity index (χ4v) is 2.52. The van der Waals surface area contributed by atoms with E-state index in [-0.39, 0.29) is 11.2 Å². The van der Waals surface area contributed by atoms with E-state index in [1.165, 1.54) is 12.8 Å². The largest absolute Gasteiger partial charge is 0.507 e. The number of aryl methyl sites for hydroxylation is 1. The van der Waals surface area contributed by atoms with Crippen molar-refractivity contribution in [2.24, 2.45) is 0 Å². The zero-order valence-electron chi connectivity index (χ0n) is 12.0. The average Bonchev–Trinajstić information content (AvgIpc) is 2.34. The second kappa shape index (κ2) is 7.09. The van der Waals surface area contributed by atoms with Crippen molar-refractivity contribution >= 4 is 22.2 Å². The summed E-state index contributed by atoms with van der Waals surface area (Å²) in [5.41, 5.74) is 2.24. The number of aromatic hydroxyl groups is 1. The number of benzene rings is 1. The predicted octanol–water partition coefficient (Wildman–Crippen LogP) is 4.61. The molecular formula is C16H23BrO2. The van der Waals surface area contributed by atoms with Gasteiger partial charge in [-0.15, -0.1) is 0 Å². The van der Waals surface area contributed by atoms with E-state index in [0.29, 0.717) is 5.56 Å². The van der Waals surface area contributed by atoms with Crippen molar-refractivity contribution in [3.05, 3.63) is 28.8 Å². The summed E-state index contributed by atoms with van der Waals surface area (Å²) in [6.07, 6.45) is 5.15. The van der Waals surface area contributed by atoms with Crippen LogP contribution in [0.1, 0.15) is 61.5 Å². The van der Waals surface area contributed by atoms with Gasteiger partial charge < -0.3 is 5.11 Å². The number of unbranched alkanes of at least 4 members (excludes halogenated alkanes) is 2. The van der Waals surface area contributed by atoms with Gasteiger partial charge in [0.15, 0.2) is 6.29 Å². The number of carbonyl (C=O) groups excluding carboxylic acids is 1. The van der Waals surface area contributed by atoms with E-state index in [1.54, 1.807) is 0 Å². The maximum Gasteiger partial charge on any atom is 0.153 e. The molecule has 0 unspecified atom stereocenters. The standard InChI is InChI=1S/C16H23BrO2/c1-16(2,3)14-10-12(7-5-4-6-8-17)9-13(11-18)15(14)19/h9-11,19H,4-8H2,1-3H3. The van der Waals surface area contributed by atoms with Crippen molar-refractivity contribution in [1.82, 2.24) is 0 Å². The van der Waals surface area contributed by atoms with Crippen LogP contribution in [0.5, 0.6) is 5.75 Å². The van der Waals surface area contributed by atoms with Gasteiger partial charge in [-0.2, -0.15) is 0 Å². The molecule has 0 bridgehead atoms. The molecule has 0 aliphatic rings. The zero-order chi connectivity index (χ0) is 14.5. The molecule has 0 atom stereocenters. The van der Waals surface area contributed by atoms with E-state index in [2.05, 4.69) is 15.9 Å². The highest BCUT2D eigenvalue weighted by Crippen LogP contribution is 2.34. The third-order valence-corrected chi connectivity index (χ3v) is 3.79. The van der Waals surface area contributed by atoms with Gasteiger partial charge in [0.05, 0.1) is 5.56 Å². The number of rotatable bonds is 6. The second-order valence-corrected chi connectivity index (χ2v) is 6.74. The molecule has 1 aromatic rings. The van der Waals surface area contributed by atoms with Crippen LogP contribution < -0.4 is 0 Å². The third kappa shape index (κ3) is 4.64. The summed E-state index contributed by atoms with van der Waals surface area (Å²) in [4.78, 5) is 11.1. The van der Waals surface area contributed by atoms with Crippen LogP contribution in [0.4, 0.5) is 0 Å². The van der Waals surface area contributed by atoms with Crippen molar-refractivity contribution in [1.29, 1.82) is 0 Å². The normalized spacial score (nSPS) is 11.6. The van der Waals surface area contributed by atoms with Crippen molar-refractivity contribution < 1.29 is 9.90 Å². The van der Waals surface area contributed by atoms with Crippen molar-refractivity contribution in [2.45, 2.75) is 51.9 Å². The summed E-state index contributed by atoms with van der Waals surface area (Å²) in [7, 11) is 0. The smallest absolute Gasteiger partial charge is 0.153 e. The summed E-state index contributed by atoms with van der Waals surface area (Å²) in [5, 5.41) is 11.2. The molecule has 0 fully saturated rings. The molecule has 0 aromatic heterocycles. The van der Waals surface area contributed by atoms with E-state index in [9.17, 15) is 9.90 Å². The molecule has 1 aromatic carbocycles. The molecule has 1 N–H and O–H groups in total. The first kappa shape index (κ1) is 16.2. The van der Waals surface area contributed by atoms with E-state index in [0.717, 1.165) is 35.6 Å². The number of hydrogen-bond acceptors (Lipinski definition) is 2. The van der Waals surface area contributed by atoms with Crippen LogP contribution in [-0.2, 0) is 11.8 Å². The third-order valence-electron chi connectivity index (χ3n) is 3.23. The molecule has 0 heterocycles. The molecule has 0 aliphatic heterocycles. The van der Waals surface area contributed by atoms with E-state index in [1.807, 2.05) is 32.9 Å². The summed E-state index contributed by atoms with van der Waals surface area (Å²) >= 11 is 3.43. The molecule has 0 amide bonds. The van der Waals surface area contributed by atoms with Crippen LogP contribution >= 0.6 is 15.9 Å². The van der Waals surface area contributed by atoms with E-state index in [4.69, 9.17) is 0 Å². The Morgan fingerprint density at radius 2 is 1.89 bits per heavy atom. The lowest BCUT2D eigenvalue weighted by Crippen LogP contribution is -2.13. The maximum atomic E-state index is 11.1. The Hall–Kier alpha value is -0.830. The van der Waals surface area contributed by atoms with Gasteiger partial charge in [0, 0.05) is 10.9 Å². The van der Waals surface area contributed by atoms with Gasteiger partial charge in [-0.05, 0) is 36.3 Å². The molecule has 0 spiro atoms. The minimum absolute atomic E-state index is 0.131. The van der Waals surface area contributed by atoms with Gasteiger partial charge in [-0.3, -0.25) is 4.79 Å². The Bertz CT molecular complexity index is 433. The molecule has 0 aliphatic carbocycles. The van der Waals surface area contributed by atoms with Gasteiger partial charge in [0.2, 0.25) is 0 Å². The SMILES string of the molecule is CC(C)(C)c1cc(CCCCCBr)cc(C=O)c1O. The topological polar surface area (TPSA) is 37.3 Å². The summed E-state index contributed by atoms with van der Waals surface area (Å²) in [6.45, 7) is 6.14. The Kier molecular flexibility index (Phi) is 6.05. The number of aldehydes is 1. The van der Waals surface area contributed by atoms with Crippen LogP contribution in [-0.4, -0.2) is 16.7 Å². The number of alkyl halides is 1.